The van der Waals surface area contributed by atoms with Crippen molar-refractivity contribution in [3.05, 3.63) is 100 Å². The Kier molecular flexibility index (Phi) is 29.0. The first-order valence-electron chi connectivity index (χ1n) is 20.7. The van der Waals surface area contributed by atoms with Crippen molar-refractivity contribution in [1.29, 1.82) is 0 Å². The minimum atomic E-state index is -0.189. The molecule has 1 aliphatic carbocycles. The van der Waals surface area contributed by atoms with Crippen molar-refractivity contribution in [1.82, 2.24) is 5.32 Å². The summed E-state index contributed by atoms with van der Waals surface area (Å²) in [6, 6.07) is 17.4. The van der Waals surface area contributed by atoms with E-state index in [-0.39, 0.29) is 11.7 Å². The molecule has 0 heterocycles. The van der Waals surface area contributed by atoms with Crippen LogP contribution in [0, 0.1) is 18.8 Å². The molecule has 0 radical (unpaired) electrons. The van der Waals surface area contributed by atoms with E-state index in [1.165, 1.54) is 56.8 Å². The maximum absolute atomic E-state index is 12.5. The van der Waals surface area contributed by atoms with E-state index >= 15 is 0 Å². The topological polar surface area (TPSA) is 80.1 Å². The van der Waals surface area contributed by atoms with Gasteiger partial charge in [-0.2, -0.15) is 0 Å². The Hall–Kier alpha value is -4.06. The molecule has 1 amide bonds. The van der Waals surface area contributed by atoms with Crippen molar-refractivity contribution in [2.45, 2.75) is 153 Å². The number of rotatable bonds is 17. The normalized spacial score (nSPS) is 14.1. The Morgan fingerprint density at radius 3 is 2.04 bits per heavy atom. The molecule has 2 aromatic rings. The first-order valence-corrected chi connectivity index (χ1v) is 20.7. The van der Waals surface area contributed by atoms with Gasteiger partial charge in [-0.05, 0) is 94.4 Å². The zero-order valence-corrected chi connectivity index (χ0v) is 36.2. The van der Waals surface area contributed by atoms with Gasteiger partial charge in [-0.15, -0.1) is 0 Å². The number of oxime groups is 1. The van der Waals surface area contributed by atoms with Gasteiger partial charge in [0.05, 0.1) is 0 Å². The SMILES string of the molecule is CC.CC.CC/C=C\C=C(\c1ccc(CC/C(C(C)=O)=C(\CCCC)N=C(C)C)cc1)C(C)/C(=N/OC)NC=O.Cc1ccc(CC2CCCCC2)cc1. The predicted molar refractivity (Wildman–Crippen MR) is 235 cm³/mol. The predicted octanol–water partition coefficient (Wildman–Crippen LogP) is 13.0. The average molecular weight is 742 g/mol. The lowest BCUT2D eigenvalue weighted by molar-refractivity contribution is -0.113. The quantitative estimate of drug-likeness (QED) is 0.0438. The summed E-state index contributed by atoms with van der Waals surface area (Å²) in [6.07, 6.45) is 20.6. The zero-order valence-electron chi connectivity index (χ0n) is 36.2. The Bertz CT molecular complexity index is 1450. The van der Waals surface area contributed by atoms with E-state index in [9.17, 15) is 9.59 Å². The smallest absolute Gasteiger partial charge is 0.212 e. The van der Waals surface area contributed by atoms with Crippen LogP contribution < -0.4 is 5.32 Å². The van der Waals surface area contributed by atoms with E-state index in [0.29, 0.717) is 18.7 Å². The summed E-state index contributed by atoms with van der Waals surface area (Å²) >= 11 is 0. The van der Waals surface area contributed by atoms with Crippen LogP contribution >= 0.6 is 0 Å². The van der Waals surface area contributed by atoms with Gasteiger partial charge in [0, 0.05) is 22.9 Å². The number of aliphatic imine (C=N–C) groups is 1. The summed E-state index contributed by atoms with van der Waals surface area (Å²) in [5, 5.41) is 6.64. The molecule has 54 heavy (non-hydrogen) atoms. The molecule has 0 saturated heterocycles. The van der Waals surface area contributed by atoms with Crippen LogP contribution in [0.5, 0.6) is 0 Å². The van der Waals surface area contributed by atoms with Gasteiger partial charge in [-0.3, -0.25) is 14.6 Å². The van der Waals surface area contributed by atoms with E-state index in [1.54, 1.807) is 6.92 Å². The van der Waals surface area contributed by atoms with Gasteiger partial charge >= 0.3 is 0 Å². The number of benzene rings is 2. The van der Waals surface area contributed by atoms with E-state index in [1.807, 2.05) is 60.6 Å². The Morgan fingerprint density at radius 2 is 1.52 bits per heavy atom. The number of nitrogens with zero attached hydrogens (tertiary/aromatic N) is 2. The number of allylic oxidation sites excluding steroid dienone is 5. The number of hydrogen-bond donors (Lipinski definition) is 1. The Morgan fingerprint density at radius 1 is 0.907 bits per heavy atom. The summed E-state index contributed by atoms with van der Waals surface area (Å²) < 4.78 is 0. The van der Waals surface area contributed by atoms with Gasteiger partial charge < -0.3 is 10.2 Å². The van der Waals surface area contributed by atoms with Crippen molar-refractivity contribution in [2.75, 3.05) is 7.11 Å². The number of carbonyl (C=O) groups excluding carboxylic acids is 2. The van der Waals surface area contributed by atoms with E-state index in [0.717, 1.165) is 71.7 Å². The third kappa shape index (κ3) is 20.4. The highest BCUT2D eigenvalue weighted by Crippen LogP contribution is 2.28. The van der Waals surface area contributed by atoms with Gasteiger partial charge in [-0.1, -0.05) is 164 Å². The van der Waals surface area contributed by atoms with Crippen LogP contribution in [0.2, 0.25) is 0 Å². The van der Waals surface area contributed by atoms with Gasteiger partial charge in [-0.25, -0.2) is 0 Å². The fourth-order valence-corrected chi connectivity index (χ4v) is 6.33. The Balaban J connectivity index is 0.00000128. The maximum Gasteiger partial charge on any atom is 0.212 e. The number of hydrogen-bond acceptors (Lipinski definition) is 5. The van der Waals surface area contributed by atoms with Crippen molar-refractivity contribution in [3.63, 3.8) is 0 Å². The number of unbranched alkanes of at least 4 members (excludes halogenated alkanes) is 1. The molecule has 0 aliphatic heterocycles. The molecule has 6 heteroatoms. The van der Waals surface area contributed by atoms with Crippen LogP contribution in [-0.2, 0) is 27.3 Å². The summed E-state index contributed by atoms with van der Waals surface area (Å²) in [7, 11) is 1.46. The molecule has 1 fully saturated rings. The lowest BCUT2D eigenvalue weighted by Crippen LogP contribution is -2.29. The minimum Gasteiger partial charge on any atom is -0.398 e. The third-order valence-electron chi connectivity index (χ3n) is 9.14. The maximum atomic E-state index is 12.5. The highest BCUT2D eigenvalue weighted by molar-refractivity contribution is 6.00. The summed E-state index contributed by atoms with van der Waals surface area (Å²) in [4.78, 5) is 33.2. The largest absolute Gasteiger partial charge is 0.398 e. The second-order valence-corrected chi connectivity index (χ2v) is 13.6. The number of aryl methyl sites for hydroxylation is 2. The van der Waals surface area contributed by atoms with Crippen LogP contribution in [-0.4, -0.2) is 30.9 Å². The highest BCUT2D eigenvalue weighted by Gasteiger charge is 2.18. The first kappa shape index (κ1) is 49.9. The highest BCUT2D eigenvalue weighted by atomic mass is 16.6. The van der Waals surface area contributed by atoms with Crippen LogP contribution in [0.3, 0.4) is 0 Å². The second-order valence-electron chi connectivity index (χ2n) is 13.6. The first-order chi connectivity index (χ1) is 26.1. The van der Waals surface area contributed by atoms with Crippen molar-refractivity contribution < 1.29 is 14.4 Å². The number of carbonyl (C=O) groups is 2. The lowest BCUT2D eigenvalue weighted by atomic mass is 9.85. The molecule has 3 rings (SSSR count). The summed E-state index contributed by atoms with van der Waals surface area (Å²) in [5.74, 6) is 1.31. The van der Waals surface area contributed by atoms with Gasteiger partial charge in [0.15, 0.2) is 11.6 Å². The standard InChI is InChI=1S/C30H43N3O3.C14H20.2C2H6/c1-8-10-12-13-27(23(5)30(31-21-34)33-36-7)26-18-15-25(16-19-26)17-20-28(24(6)35)29(14-11-9-2)32-22(3)4;1-12-7-9-14(10-8-12)11-13-5-3-2-4-6-13;2*1-2/h10,12-13,15-16,18-19,21,23H,8-9,11,14,17,20H2,1-7H3,(H,31,33,34);7-10,13H,2-6,11H2,1H3;2*1-2H3/b12-10-,27-13+,29-28-;;;. The van der Waals surface area contributed by atoms with E-state index in [4.69, 9.17) is 9.83 Å². The Labute approximate surface area is 330 Å². The molecular weight excluding hydrogens is 667 g/mol. The van der Waals surface area contributed by atoms with Crippen molar-refractivity contribution >= 4 is 29.3 Å². The minimum absolute atomic E-state index is 0.0946. The molecule has 6 nitrogen and oxygen atoms in total. The van der Waals surface area contributed by atoms with Gasteiger partial charge in [0.2, 0.25) is 6.41 Å². The molecule has 0 bridgehead atoms. The summed E-state index contributed by atoms with van der Waals surface area (Å²) in [5.41, 5.74) is 8.81. The number of nitrogens with one attached hydrogen (secondary N) is 1. The van der Waals surface area contributed by atoms with Crippen LogP contribution in [0.15, 0.2) is 88.2 Å². The van der Waals surface area contributed by atoms with E-state index in [2.05, 4.69) is 85.9 Å². The third-order valence-corrected chi connectivity index (χ3v) is 9.14. The van der Waals surface area contributed by atoms with E-state index < -0.39 is 0 Å². The van der Waals surface area contributed by atoms with Gasteiger partial charge in [0.25, 0.3) is 0 Å². The van der Waals surface area contributed by atoms with Crippen molar-refractivity contribution in [2.24, 2.45) is 22.0 Å². The molecule has 1 N–H and O–H groups in total. The fourth-order valence-electron chi connectivity index (χ4n) is 6.33. The monoisotopic (exact) mass is 742 g/mol. The molecule has 2 aromatic carbocycles. The number of Topliss-reactive ketones (excluding diaryl/α,β-unsaturated/α-hetero) is 1. The number of amidine groups is 1. The van der Waals surface area contributed by atoms with Crippen LogP contribution in [0.1, 0.15) is 156 Å². The molecule has 1 atom stereocenters. The molecule has 1 saturated carbocycles. The molecule has 300 valence electrons. The second kappa shape index (κ2) is 31.3. The fraction of sp³-hybridized carbons (Fsp3) is 0.542. The number of ketones is 1. The molecule has 1 aliphatic rings. The van der Waals surface area contributed by atoms with Gasteiger partial charge in [0.1, 0.15) is 7.11 Å². The zero-order chi connectivity index (χ0) is 40.7. The molecular formula is C48H75N3O3. The molecule has 0 spiro atoms. The van der Waals surface area contributed by atoms with Crippen LogP contribution in [0.25, 0.3) is 5.57 Å². The average Bonchev–Trinajstić information content (AvgIpc) is 3.18. The molecule has 0 aromatic heterocycles. The lowest BCUT2D eigenvalue weighted by Gasteiger charge is -2.21. The van der Waals surface area contributed by atoms with Crippen LogP contribution in [0.4, 0.5) is 0 Å². The van der Waals surface area contributed by atoms with Crippen molar-refractivity contribution in [3.8, 4) is 0 Å². The number of amides is 1. The summed E-state index contributed by atoms with van der Waals surface area (Å²) in [6.45, 7) is 21.9. The molecule has 1 unspecified atom stereocenters.